The van der Waals surface area contributed by atoms with Crippen molar-refractivity contribution in [1.82, 2.24) is 14.2 Å². The van der Waals surface area contributed by atoms with Gasteiger partial charge in [0.05, 0.1) is 19.1 Å². The Morgan fingerprint density at radius 2 is 1.84 bits per heavy atom. The summed E-state index contributed by atoms with van der Waals surface area (Å²) in [5.41, 5.74) is 0.691. The predicted octanol–water partition coefficient (Wildman–Crippen LogP) is 2.62. The monoisotopic (exact) mass is 474 g/mol. The number of hydrogen-bond acceptors (Lipinski definition) is 8. The van der Waals surface area contributed by atoms with Gasteiger partial charge in [-0.1, -0.05) is 6.07 Å². The topological polar surface area (TPSA) is 99.6 Å². The SMILES string of the molecule is O=C(CN1CCN(S(=O)(=O)c2cccs2)CC1)N1N=C(c2ccco2)C[C@H]1c1ccco1. The molecule has 1 atom stereocenters. The molecule has 0 bridgehead atoms. The smallest absolute Gasteiger partial charge is 0.257 e. The lowest BCUT2D eigenvalue weighted by Crippen LogP contribution is -2.51. The van der Waals surface area contributed by atoms with Gasteiger partial charge < -0.3 is 8.83 Å². The molecule has 2 aliphatic rings. The number of carbonyl (C=O) groups is 1. The molecule has 3 aromatic heterocycles. The van der Waals surface area contributed by atoms with E-state index in [0.29, 0.717) is 54.0 Å². The van der Waals surface area contributed by atoms with Crippen LogP contribution in [0.5, 0.6) is 0 Å². The van der Waals surface area contributed by atoms with Gasteiger partial charge >= 0.3 is 0 Å². The average molecular weight is 475 g/mol. The van der Waals surface area contributed by atoms with Crippen molar-refractivity contribution in [2.24, 2.45) is 5.10 Å². The van der Waals surface area contributed by atoms with Gasteiger partial charge in [0.2, 0.25) is 0 Å². The first-order chi connectivity index (χ1) is 15.5. The van der Waals surface area contributed by atoms with Crippen LogP contribution in [0.25, 0.3) is 0 Å². The maximum Gasteiger partial charge on any atom is 0.257 e. The summed E-state index contributed by atoms with van der Waals surface area (Å²) < 4.78 is 38.3. The molecule has 0 spiro atoms. The van der Waals surface area contributed by atoms with Crippen molar-refractivity contribution in [2.75, 3.05) is 32.7 Å². The molecule has 1 fully saturated rings. The maximum atomic E-state index is 13.2. The standard InChI is InChI=1S/C21H22N4O5S2/c26-20(15-23-7-9-24(10-8-23)32(27,28)21-6-3-13-31-21)25-17(19-5-2-12-30-19)14-16(22-25)18-4-1-11-29-18/h1-6,11-13,17H,7-10,14-15H2/t17-/m0/s1. The first kappa shape index (κ1) is 21.1. The zero-order chi connectivity index (χ0) is 22.1. The second kappa shape index (κ2) is 8.66. The Labute approximate surface area is 189 Å². The van der Waals surface area contributed by atoms with Gasteiger partial charge in [0.1, 0.15) is 27.5 Å². The third kappa shape index (κ3) is 4.04. The molecule has 9 nitrogen and oxygen atoms in total. The molecule has 0 N–H and O–H groups in total. The number of hydrogen-bond donors (Lipinski definition) is 0. The molecule has 0 saturated carbocycles. The summed E-state index contributed by atoms with van der Waals surface area (Å²) in [6.07, 6.45) is 3.66. The summed E-state index contributed by atoms with van der Waals surface area (Å²) in [5, 5.41) is 7.75. The van der Waals surface area contributed by atoms with Crippen LogP contribution in [0.1, 0.15) is 24.0 Å². The number of carbonyl (C=O) groups excluding carboxylic acids is 1. The molecule has 1 amide bonds. The fraction of sp³-hybridized carbons (Fsp3) is 0.333. The van der Waals surface area contributed by atoms with Crippen molar-refractivity contribution in [3.8, 4) is 0 Å². The molecule has 0 radical (unpaired) electrons. The van der Waals surface area contributed by atoms with E-state index in [1.54, 1.807) is 42.2 Å². The lowest BCUT2D eigenvalue weighted by Gasteiger charge is -2.34. The van der Waals surface area contributed by atoms with Crippen LogP contribution in [0, 0.1) is 0 Å². The number of rotatable bonds is 6. The molecule has 3 aromatic rings. The highest BCUT2D eigenvalue weighted by Gasteiger charge is 2.37. The van der Waals surface area contributed by atoms with Gasteiger partial charge in [-0.2, -0.15) is 9.41 Å². The molecule has 0 aromatic carbocycles. The van der Waals surface area contributed by atoms with E-state index in [2.05, 4.69) is 5.10 Å². The number of thiophene rings is 1. The van der Waals surface area contributed by atoms with E-state index in [9.17, 15) is 13.2 Å². The fourth-order valence-electron chi connectivity index (χ4n) is 3.96. The molecule has 1 saturated heterocycles. The highest BCUT2D eigenvalue weighted by Crippen LogP contribution is 2.33. The lowest BCUT2D eigenvalue weighted by molar-refractivity contribution is -0.134. The molecular weight excluding hydrogens is 452 g/mol. The molecule has 11 heteroatoms. The molecule has 2 aliphatic heterocycles. The Morgan fingerprint density at radius 3 is 2.50 bits per heavy atom. The van der Waals surface area contributed by atoms with Crippen molar-refractivity contribution < 1.29 is 22.0 Å². The second-order valence-corrected chi connectivity index (χ2v) is 10.7. The van der Waals surface area contributed by atoms with Crippen molar-refractivity contribution in [3.63, 3.8) is 0 Å². The van der Waals surface area contributed by atoms with E-state index in [4.69, 9.17) is 8.83 Å². The second-order valence-electron chi connectivity index (χ2n) is 7.61. The van der Waals surface area contributed by atoms with Crippen LogP contribution >= 0.6 is 11.3 Å². The summed E-state index contributed by atoms with van der Waals surface area (Å²) in [6.45, 7) is 1.79. The van der Waals surface area contributed by atoms with Crippen LogP contribution in [0.4, 0.5) is 0 Å². The van der Waals surface area contributed by atoms with Gasteiger partial charge in [0.25, 0.3) is 15.9 Å². The molecule has 0 aliphatic carbocycles. The normalized spacial score (nSPS) is 20.6. The molecule has 5 heterocycles. The van der Waals surface area contributed by atoms with Crippen LogP contribution in [0.15, 0.2) is 72.4 Å². The number of hydrazone groups is 1. The Hall–Kier alpha value is -2.73. The number of piperazine rings is 1. The van der Waals surface area contributed by atoms with Crippen molar-refractivity contribution in [1.29, 1.82) is 0 Å². The molecule has 168 valence electrons. The molecule has 5 rings (SSSR count). The summed E-state index contributed by atoms with van der Waals surface area (Å²) in [7, 11) is -3.47. The highest BCUT2D eigenvalue weighted by molar-refractivity contribution is 7.91. The van der Waals surface area contributed by atoms with Crippen molar-refractivity contribution in [2.45, 2.75) is 16.7 Å². The Balaban J connectivity index is 1.26. The minimum absolute atomic E-state index is 0.152. The summed E-state index contributed by atoms with van der Waals surface area (Å²) >= 11 is 1.21. The van der Waals surface area contributed by atoms with E-state index in [0.717, 1.165) is 0 Å². The van der Waals surface area contributed by atoms with Crippen LogP contribution in [0.3, 0.4) is 0 Å². The van der Waals surface area contributed by atoms with Crippen molar-refractivity contribution >= 4 is 33.0 Å². The zero-order valence-corrected chi connectivity index (χ0v) is 18.8. The van der Waals surface area contributed by atoms with Crippen molar-refractivity contribution in [3.05, 3.63) is 65.8 Å². The Kier molecular flexibility index (Phi) is 5.72. The van der Waals surface area contributed by atoms with E-state index < -0.39 is 10.0 Å². The number of sulfonamides is 1. The summed E-state index contributed by atoms with van der Waals surface area (Å²) in [6, 6.07) is 10.2. The highest BCUT2D eigenvalue weighted by atomic mass is 32.2. The third-order valence-electron chi connectivity index (χ3n) is 5.62. The van der Waals surface area contributed by atoms with Gasteiger partial charge in [-0.15, -0.1) is 11.3 Å². The first-order valence-electron chi connectivity index (χ1n) is 10.3. The predicted molar refractivity (Wildman–Crippen MR) is 118 cm³/mol. The zero-order valence-electron chi connectivity index (χ0n) is 17.2. The van der Waals surface area contributed by atoms with Gasteiger partial charge in [0, 0.05) is 32.6 Å². The minimum atomic E-state index is -3.47. The number of furan rings is 2. The van der Waals surface area contributed by atoms with E-state index in [1.165, 1.54) is 20.7 Å². The molecule has 32 heavy (non-hydrogen) atoms. The van der Waals surface area contributed by atoms with Gasteiger partial charge in [-0.3, -0.25) is 9.69 Å². The average Bonchev–Trinajstić information content (AvgIpc) is 3.59. The largest absolute Gasteiger partial charge is 0.467 e. The minimum Gasteiger partial charge on any atom is -0.467 e. The Morgan fingerprint density at radius 1 is 1.06 bits per heavy atom. The van der Waals surface area contributed by atoms with Crippen LogP contribution in [-0.4, -0.2) is 67.0 Å². The maximum absolute atomic E-state index is 13.2. The number of nitrogens with zero attached hydrogens (tertiary/aromatic N) is 4. The number of amides is 1. The molecule has 0 unspecified atom stereocenters. The lowest BCUT2D eigenvalue weighted by atomic mass is 10.1. The quantitative estimate of drug-likeness (QED) is 0.545. The fourth-order valence-corrected chi connectivity index (χ4v) is 6.53. The summed E-state index contributed by atoms with van der Waals surface area (Å²) in [4.78, 5) is 15.1. The van der Waals surface area contributed by atoms with E-state index >= 15 is 0 Å². The van der Waals surface area contributed by atoms with E-state index in [1.807, 2.05) is 17.0 Å². The molecular formula is C21H22N4O5S2. The van der Waals surface area contributed by atoms with Crippen LogP contribution in [-0.2, 0) is 14.8 Å². The Bertz CT molecular complexity index is 1180. The van der Waals surface area contributed by atoms with Gasteiger partial charge in [-0.05, 0) is 35.7 Å². The van der Waals surface area contributed by atoms with Crippen LogP contribution < -0.4 is 0 Å². The van der Waals surface area contributed by atoms with Gasteiger partial charge in [0.15, 0.2) is 0 Å². The van der Waals surface area contributed by atoms with Gasteiger partial charge in [-0.25, -0.2) is 13.4 Å². The van der Waals surface area contributed by atoms with Crippen LogP contribution in [0.2, 0.25) is 0 Å². The summed E-state index contributed by atoms with van der Waals surface area (Å²) in [5.74, 6) is 1.13. The third-order valence-corrected chi connectivity index (χ3v) is 8.89. The van der Waals surface area contributed by atoms with E-state index in [-0.39, 0.29) is 18.5 Å². The first-order valence-corrected chi connectivity index (χ1v) is 12.6.